The number of aliphatic hydroxyl groups excluding tert-OH is 1. The predicted octanol–water partition coefficient (Wildman–Crippen LogP) is 0.574. The van der Waals surface area contributed by atoms with Crippen LogP contribution in [0.5, 0.6) is 0 Å². The topological polar surface area (TPSA) is 105 Å². The van der Waals surface area contributed by atoms with Gasteiger partial charge in [-0.15, -0.1) is 0 Å². The van der Waals surface area contributed by atoms with Crippen LogP contribution in [-0.4, -0.2) is 50.6 Å². The minimum atomic E-state index is -0.616. The van der Waals surface area contributed by atoms with Crippen LogP contribution in [0.3, 0.4) is 0 Å². The van der Waals surface area contributed by atoms with Crippen LogP contribution in [0.25, 0.3) is 0 Å². The Morgan fingerprint density at radius 3 is 2.73 bits per heavy atom. The molecule has 4 atom stereocenters. The Kier molecular flexibility index (Phi) is 4.66. The zero-order valence-electron chi connectivity index (χ0n) is 16.5. The molecule has 3 aliphatic rings. The van der Waals surface area contributed by atoms with Crippen molar-refractivity contribution in [3.8, 4) is 0 Å². The van der Waals surface area contributed by atoms with E-state index in [4.69, 9.17) is 0 Å². The summed E-state index contributed by atoms with van der Waals surface area (Å²) in [7, 11) is 0. The molecule has 2 bridgehead atoms. The Labute approximate surface area is 173 Å². The summed E-state index contributed by atoms with van der Waals surface area (Å²) in [5.74, 6) is -0.951. The first-order valence-electron chi connectivity index (χ1n) is 10.4. The van der Waals surface area contributed by atoms with E-state index in [0.29, 0.717) is 23.7 Å². The van der Waals surface area contributed by atoms with Crippen molar-refractivity contribution in [2.24, 2.45) is 17.8 Å². The van der Waals surface area contributed by atoms with Crippen molar-refractivity contribution >= 4 is 11.8 Å². The van der Waals surface area contributed by atoms with Gasteiger partial charge in [-0.1, -0.05) is 6.07 Å². The van der Waals surface area contributed by atoms with E-state index in [2.05, 4.69) is 10.3 Å². The van der Waals surface area contributed by atoms with Gasteiger partial charge in [0.2, 0.25) is 5.91 Å². The largest absolute Gasteiger partial charge is 0.396 e. The minimum absolute atomic E-state index is 0.160. The Balaban J connectivity index is 1.58. The lowest BCUT2D eigenvalue weighted by molar-refractivity contribution is -0.127. The predicted molar refractivity (Wildman–Crippen MR) is 107 cm³/mol. The fourth-order valence-corrected chi connectivity index (χ4v) is 4.96. The second kappa shape index (κ2) is 7.36. The number of nitrogens with zero attached hydrogens (tertiary/aromatic N) is 3. The van der Waals surface area contributed by atoms with E-state index in [1.807, 2.05) is 0 Å². The Hall–Kier alpha value is -3.00. The van der Waals surface area contributed by atoms with E-state index in [1.165, 1.54) is 12.3 Å². The Morgan fingerprint density at radius 1 is 1.20 bits per heavy atom. The summed E-state index contributed by atoms with van der Waals surface area (Å²) in [6.45, 7) is 0.639. The number of hydrogen-bond acceptors (Lipinski definition) is 5. The number of carbonyl (C=O) groups is 2. The number of aliphatic hydroxyl groups is 1. The second-order valence-electron chi connectivity index (χ2n) is 8.43. The summed E-state index contributed by atoms with van der Waals surface area (Å²) in [4.78, 5) is 44.9. The highest BCUT2D eigenvalue weighted by molar-refractivity contribution is 5.95. The number of hydrogen-bond donors (Lipinski definition) is 2. The normalized spacial score (nSPS) is 26.9. The number of fused-ring (bicyclic) bond motifs is 4. The molecule has 5 rings (SSSR count). The van der Waals surface area contributed by atoms with Gasteiger partial charge in [0.15, 0.2) is 0 Å². The van der Waals surface area contributed by atoms with Crippen molar-refractivity contribution in [3.05, 3.63) is 64.3 Å². The van der Waals surface area contributed by atoms with Crippen molar-refractivity contribution in [2.75, 3.05) is 13.2 Å². The third-order valence-electron chi connectivity index (χ3n) is 6.63. The fraction of sp³-hybridized carbons (Fsp3) is 0.455. The molecule has 2 N–H and O–H groups in total. The monoisotopic (exact) mass is 408 g/mol. The molecule has 2 aliphatic heterocycles. The number of rotatable bonds is 5. The number of nitrogens with one attached hydrogen (secondary N) is 1. The van der Waals surface area contributed by atoms with Gasteiger partial charge in [0.1, 0.15) is 0 Å². The number of pyridine rings is 2. The second-order valence-corrected chi connectivity index (χ2v) is 8.43. The minimum Gasteiger partial charge on any atom is -0.396 e. The van der Waals surface area contributed by atoms with Crippen LogP contribution in [0, 0.1) is 17.8 Å². The molecule has 1 saturated heterocycles. The fourth-order valence-electron chi connectivity index (χ4n) is 4.96. The quantitative estimate of drug-likeness (QED) is 0.753. The molecule has 1 aliphatic carbocycles. The standard InChI is InChI=1S/C22H24N4O4/c27-12-15-17-11-25-16(4-1-5-18(25)28)20(19(15)21(29)24-9-13-6-7-13)26(17)22(30)14-3-2-8-23-10-14/h1-5,8,10,13,15,17,19-20,27H,6-7,9,11-12H2,(H,24,29)/t15-,17-,19+,20+/m0/s1. The van der Waals surface area contributed by atoms with Crippen molar-refractivity contribution < 1.29 is 14.7 Å². The molecule has 2 amide bonds. The van der Waals surface area contributed by atoms with E-state index in [0.717, 1.165) is 12.8 Å². The highest BCUT2D eigenvalue weighted by atomic mass is 16.3. The molecule has 156 valence electrons. The van der Waals surface area contributed by atoms with Crippen LogP contribution < -0.4 is 10.9 Å². The van der Waals surface area contributed by atoms with Crippen molar-refractivity contribution in [3.63, 3.8) is 0 Å². The molecule has 2 aromatic rings. The lowest BCUT2D eigenvalue weighted by atomic mass is 9.86. The van der Waals surface area contributed by atoms with E-state index in [-0.39, 0.29) is 30.5 Å². The van der Waals surface area contributed by atoms with Crippen LogP contribution in [-0.2, 0) is 11.3 Å². The first-order valence-corrected chi connectivity index (χ1v) is 10.4. The molecular formula is C22H24N4O4. The zero-order valence-corrected chi connectivity index (χ0v) is 16.5. The molecule has 2 aromatic heterocycles. The van der Waals surface area contributed by atoms with Crippen LogP contribution >= 0.6 is 0 Å². The maximum Gasteiger partial charge on any atom is 0.256 e. The lowest BCUT2D eigenvalue weighted by Crippen LogP contribution is -2.49. The Morgan fingerprint density at radius 2 is 2.03 bits per heavy atom. The van der Waals surface area contributed by atoms with Gasteiger partial charge in [-0.25, -0.2) is 0 Å². The average Bonchev–Trinajstić information content (AvgIpc) is 3.56. The number of carbonyl (C=O) groups excluding carboxylic acids is 2. The van der Waals surface area contributed by atoms with E-state index in [9.17, 15) is 19.5 Å². The molecule has 4 heterocycles. The molecule has 0 unspecified atom stereocenters. The summed E-state index contributed by atoms with van der Waals surface area (Å²) in [5.41, 5.74) is 0.903. The SMILES string of the molecule is O=C(NCC1CC1)[C@@H]1[C@@H](CO)[C@@H]2Cn3c(cccc3=O)[C@H]1N2C(=O)c1cccnc1. The van der Waals surface area contributed by atoms with Gasteiger partial charge < -0.3 is 19.9 Å². The summed E-state index contributed by atoms with van der Waals surface area (Å²) < 4.78 is 1.64. The van der Waals surface area contributed by atoms with Gasteiger partial charge in [0.25, 0.3) is 11.5 Å². The van der Waals surface area contributed by atoms with Crippen molar-refractivity contribution in [2.45, 2.75) is 31.5 Å². The van der Waals surface area contributed by atoms with Gasteiger partial charge in [0, 0.05) is 49.8 Å². The maximum absolute atomic E-state index is 13.4. The molecule has 8 nitrogen and oxygen atoms in total. The van der Waals surface area contributed by atoms with Crippen molar-refractivity contribution in [1.82, 2.24) is 19.8 Å². The van der Waals surface area contributed by atoms with E-state index in [1.54, 1.807) is 39.9 Å². The first-order chi connectivity index (χ1) is 14.6. The maximum atomic E-state index is 13.4. The van der Waals surface area contributed by atoms with Crippen LogP contribution in [0.2, 0.25) is 0 Å². The molecule has 2 fully saturated rings. The van der Waals surface area contributed by atoms with Gasteiger partial charge in [-0.3, -0.25) is 19.4 Å². The Bertz CT molecular complexity index is 1030. The number of amides is 2. The lowest BCUT2D eigenvalue weighted by Gasteiger charge is -2.38. The highest BCUT2D eigenvalue weighted by Gasteiger charge is 2.57. The van der Waals surface area contributed by atoms with E-state index < -0.39 is 23.9 Å². The van der Waals surface area contributed by atoms with Crippen molar-refractivity contribution in [1.29, 1.82) is 0 Å². The molecule has 0 spiro atoms. The van der Waals surface area contributed by atoms with Gasteiger partial charge in [-0.2, -0.15) is 0 Å². The summed E-state index contributed by atoms with van der Waals surface area (Å²) in [6, 6.07) is 7.27. The molecule has 30 heavy (non-hydrogen) atoms. The van der Waals surface area contributed by atoms with Crippen LogP contribution in [0.15, 0.2) is 47.5 Å². The molecule has 8 heteroatoms. The summed E-state index contributed by atoms with van der Waals surface area (Å²) >= 11 is 0. The smallest absolute Gasteiger partial charge is 0.256 e. The molecular weight excluding hydrogens is 384 g/mol. The van der Waals surface area contributed by atoms with Crippen LogP contribution in [0.4, 0.5) is 0 Å². The number of aromatic nitrogens is 2. The molecule has 0 radical (unpaired) electrons. The van der Waals surface area contributed by atoms with Gasteiger partial charge >= 0.3 is 0 Å². The zero-order chi connectivity index (χ0) is 20.8. The molecule has 1 saturated carbocycles. The van der Waals surface area contributed by atoms with Gasteiger partial charge in [-0.05, 0) is 37.0 Å². The summed E-state index contributed by atoms with van der Waals surface area (Å²) in [6.07, 6.45) is 5.33. The van der Waals surface area contributed by atoms with Gasteiger partial charge in [0.05, 0.1) is 23.6 Å². The highest BCUT2D eigenvalue weighted by Crippen LogP contribution is 2.48. The first kappa shape index (κ1) is 19.0. The third-order valence-corrected chi connectivity index (χ3v) is 6.63. The van der Waals surface area contributed by atoms with E-state index >= 15 is 0 Å². The third kappa shape index (κ3) is 3.02. The van der Waals surface area contributed by atoms with Crippen LogP contribution in [0.1, 0.15) is 34.9 Å². The average molecular weight is 408 g/mol. The summed E-state index contributed by atoms with van der Waals surface area (Å²) in [5, 5.41) is 13.2. The molecule has 0 aromatic carbocycles.